The van der Waals surface area contributed by atoms with Crippen LogP contribution in [-0.2, 0) is 6.54 Å². The van der Waals surface area contributed by atoms with E-state index in [1.165, 1.54) is 17.2 Å². The van der Waals surface area contributed by atoms with Crippen LogP contribution in [0.3, 0.4) is 0 Å². The molecule has 2 aromatic rings. The zero-order valence-electron chi connectivity index (χ0n) is 8.78. The van der Waals surface area contributed by atoms with Gasteiger partial charge in [-0.2, -0.15) is 0 Å². The molecular formula is C14H12FN. The van der Waals surface area contributed by atoms with Crippen LogP contribution >= 0.6 is 0 Å². The molecule has 0 aliphatic carbocycles. The van der Waals surface area contributed by atoms with Gasteiger partial charge in [0.25, 0.3) is 0 Å². The Labute approximate surface area is 93.9 Å². The standard InChI is InChI=1S/C14H12FN/c15-12-6-7-13-11(8-12)9-16-14(13)10-4-2-1-3-5-10/h1-8,14,16H,9H2. The number of hydrogen-bond donors (Lipinski definition) is 1. The Morgan fingerprint density at radius 2 is 1.88 bits per heavy atom. The Balaban J connectivity index is 2.04. The van der Waals surface area contributed by atoms with Crippen molar-refractivity contribution < 1.29 is 4.39 Å². The summed E-state index contributed by atoms with van der Waals surface area (Å²) in [5, 5.41) is 3.40. The lowest BCUT2D eigenvalue weighted by Gasteiger charge is -2.12. The normalized spacial score (nSPS) is 18.4. The first-order valence-electron chi connectivity index (χ1n) is 5.41. The van der Waals surface area contributed by atoms with E-state index in [0.29, 0.717) is 0 Å². The summed E-state index contributed by atoms with van der Waals surface area (Å²) in [4.78, 5) is 0. The van der Waals surface area contributed by atoms with E-state index in [-0.39, 0.29) is 11.9 Å². The van der Waals surface area contributed by atoms with Gasteiger partial charge in [0.2, 0.25) is 0 Å². The van der Waals surface area contributed by atoms with Gasteiger partial charge in [-0.1, -0.05) is 36.4 Å². The van der Waals surface area contributed by atoms with Crippen LogP contribution in [0, 0.1) is 5.82 Å². The van der Waals surface area contributed by atoms with Crippen LogP contribution < -0.4 is 5.32 Å². The van der Waals surface area contributed by atoms with Crippen LogP contribution in [0.5, 0.6) is 0 Å². The van der Waals surface area contributed by atoms with E-state index < -0.39 is 0 Å². The third-order valence-electron chi connectivity index (χ3n) is 3.05. The van der Waals surface area contributed by atoms with Gasteiger partial charge in [0.1, 0.15) is 5.82 Å². The highest BCUT2D eigenvalue weighted by atomic mass is 19.1. The summed E-state index contributed by atoms with van der Waals surface area (Å²) in [6, 6.07) is 15.5. The number of fused-ring (bicyclic) bond motifs is 1. The Bertz CT molecular complexity index is 507. The minimum absolute atomic E-state index is 0.158. The second-order valence-electron chi connectivity index (χ2n) is 4.07. The zero-order chi connectivity index (χ0) is 11.0. The number of nitrogens with one attached hydrogen (secondary N) is 1. The first-order chi connectivity index (χ1) is 7.84. The molecule has 16 heavy (non-hydrogen) atoms. The van der Waals surface area contributed by atoms with Crippen molar-refractivity contribution in [2.24, 2.45) is 0 Å². The molecule has 2 heteroatoms. The molecule has 1 N–H and O–H groups in total. The summed E-state index contributed by atoms with van der Waals surface area (Å²) < 4.78 is 13.1. The average molecular weight is 213 g/mol. The van der Waals surface area contributed by atoms with Gasteiger partial charge in [-0.3, -0.25) is 0 Å². The maximum Gasteiger partial charge on any atom is 0.123 e. The van der Waals surface area contributed by atoms with Crippen molar-refractivity contribution in [1.29, 1.82) is 0 Å². The van der Waals surface area contributed by atoms with Crippen molar-refractivity contribution in [3.63, 3.8) is 0 Å². The van der Waals surface area contributed by atoms with Crippen LogP contribution in [0.15, 0.2) is 48.5 Å². The van der Waals surface area contributed by atoms with Gasteiger partial charge in [0, 0.05) is 6.54 Å². The van der Waals surface area contributed by atoms with Crippen molar-refractivity contribution in [2.75, 3.05) is 0 Å². The number of benzene rings is 2. The molecule has 3 rings (SSSR count). The molecule has 80 valence electrons. The second-order valence-corrected chi connectivity index (χ2v) is 4.07. The molecule has 0 amide bonds. The van der Waals surface area contributed by atoms with E-state index in [2.05, 4.69) is 17.4 Å². The van der Waals surface area contributed by atoms with Crippen LogP contribution in [0.1, 0.15) is 22.7 Å². The smallest absolute Gasteiger partial charge is 0.123 e. The molecule has 1 unspecified atom stereocenters. The zero-order valence-corrected chi connectivity index (χ0v) is 8.78. The maximum atomic E-state index is 13.1. The summed E-state index contributed by atoms with van der Waals surface area (Å²) in [5.74, 6) is -0.158. The molecule has 0 radical (unpaired) electrons. The Morgan fingerprint density at radius 3 is 2.69 bits per heavy atom. The van der Waals surface area contributed by atoms with Gasteiger partial charge in [-0.15, -0.1) is 0 Å². The lowest BCUT2D eigenvalue weighted by molar-refractivity contribution is 0.625. The molecule has 0 fully saturated rings. The maximum absolute atomic E-state index is 13.1. The molecular weight excluding hydrogens is 201 g/mol. The SMILES string of the molecule is Fc1ccc2c(c1)CNC2c1ccccc1. The predicted octanol–water partition coefficient (Wildman–Crippen LogP) is 3.02. The average Bonchev–Trinajstić information content (AvgIpc) is 2.73. The van der Waals surface area contributed by atoms with Crippen molar-refractivity contribution in [2.45, 2.75) is 12.6 Å². The van der Waals surface area contributed by atoms with E-state index >= 15 is 0 Å². The largest absolute Gasteiger partial charge is 0.302 e. The molecule has 0 bridgehead atoms. The van der Waals surface area contributed by atoms with E-state index in [1.807, 2.05) is 24.3 Å². The van der Waals surface area contributed by atoms with Crippen LogP contribution in [0.25, 0.3) is 0 Å². The third kappa shape index (κ3) is 1.51. The molecule has 0 saturated carbocycles. The molecule has 1 heterocycles. The predicted molar refractivity (Wildman–Crippen MR) is 61.5 cm³/mol. The van der Waals surface area contributed by atoms with Crippen LogP contribution in [0.4, 0.5) is 4.39 Å². The fraction of sp³-hybridized carbons (Fsp3) is 0.143. The van der Waals surface area contributed by atoms with Gasteiger partial charge in [-0.05, 0) is 28.8 Å². The Morgan fingerprint density at radius 1 is 1.06 bits per heavy atom. The minimum Gasteiger partial charge on any atom is -0.302 e. The van der Waals surface area contributed by atoms with Gasteiger partial charge in [-0.25, -0.2) is 4.39 Å². The molecule has 1 aliphatic rings. The minimum atomic E-state index is -0.158. The van der Waals surface area contributed by atoms with Gasteiger partial charge >= 0.3 is 0 Å². The van der Waals surface area contributed by atoms with E-state index in [1.54, 1.807) is 6.07 Å². The third-order valence-corrected chi connectivity index (χ3v) is 3.05. The highest BCUT2D eigenvalue weighted by Gasteiger charge is 2.22. The summed E-state index contributed by atoms with van der Waals surface area (Å²) in [6.45, 7) is 0.743. The molecule has 1 atom stereocenters. The highest BCUT2D eigenvalue weighted by molar-refractivity contribution is 5.41. The number of hydrogen-bond acceptors (Lipinski definition) is 1. The molecule has 0 spiro atoms. The monoisotopic (exact) mass is 213 g/mol. The van der Waals surface area contributed by atoms with Crippen molar-refractivity contribution >= 4 is 0 Å². The fourth-order valence-corrected chi connectivity index (χ4v) is 2.27. The highest BCUT2D eigenvalue weighted by Crippen LogP contribution is 2.30. The first-order valence-corrected chi connectivity index (χ1v) is 5.41. The first kappa shape index (κ1) is 9.55. The Kier molecular flexibility index (Phi) is 2.22. The number of rotatable bonds is 1. The van der Waals surface area contributed by atoms with Crippen LogP contribution in [0.2, 0.25) is 0 Å². The lowest BCUT2D eigenvalue weighted by Crippen LogP contribution is -2.12. The summed E-state index contributed by atoms with van der Waals surface area (Å²) in [5.41, 5.74) is 3.48. The van der Waals surface area contributed by atoms with Gasteiger partial charge in [0.15, 0.2) is 0 Å². The van der Waals surface area contributed by atoms with Crippen molar-refractivity contribution in [3.8, 4) is 0 Å². The molecule has 1 nitrogen and oxygen atoms in total. The fourth-order valence-electron chi connectivity index (χ4n) is 2.27. The van der Waals surface area contributed by atoms with Crippen molar-refractivity contribution in [3.05, 3.63) is 71.0 Å². The van der Waals surface area contributed by atoms with E-state index in [0.717, 1.165) is 12.1 Å². The van der Waals surface area contributed by atoms with Crippen LogP contribution in [-0.4, -0.2) is 0 Å². The number of halogens is 1. The second kappa shape index (κ2) is 3.72. The molecule has 0 saturated heterocycles. The molecule has 0 aromatic heterocycles. The van der Waals surface area contributed by atoms with Gasteiger partial charge < -0.3 is 5.32 Å². The topological polar surface area (TPSA) is 12.0 Å². The summed E-state index contributed by atoms with van der Waals surface area (Å²) in [6.07, 6.45) is 0. The van der Waals surface area contributed by atoms with Crippen molar-refractivity contribution in [1.82, 2.24) is 5.32 Å². The Hall–Kier alpha value is -1.67. The van der Waals surface area contributed by atoms with E-state index in [9.17, 15) is 4.39 Å². The van der Waals surface area contributed by atoms with Gasteiger partial charge in [0.05, 0.1) is 6.04 Å². The molecule has 2 aromatic carbocycles. The quantitative estimate of drug-likeness (QED) is 0.767. The molecule has 1 aliphatic heterocycles. The van der Waals surface area contributed by atoms with E-state index in [4.69, 9.17) is 0 Å². The summed E-state index contributed by atoms with van der Waals surface area (Å²) in [7, 11) is 0. The lowest BCUT2D eigenvalue weighted by atomic mass is 9.99. The summed E-state index contributed by atoms with van der Waals surface area (Å²) >= 11 is 0.